The largest absolute Gasteiger partial charge is 0.481 e. The molecule has 1 atom stereocenters. The molecule has 4 aromatic rings. The van der Waals surface area contributed by atoms with E-state index in [0.717, 1.165) is 5.39 Å². The van der Waals surface area contributed by atoms with Crippen molar-refractivity contribution in [2.45, 2.75) is 12.5 Å². The molecule has 29 heavy (non-hydrogen) atoms. The highest BCUT2D eigenvalue weighted by Gasteiger charge is 2.37. The summed E-state index contributed by atoms with van der Waals surface area (Å²) in [6.45, 7) is 2.03. The fourth-order valence-electron chi connectivity index (χ4n) is 3.19. The molecule has 0 aliphatic carbocycles. The minimum Gasteiger partial charge on any atom is -0.481 e. The molecule has 0 saturated heterocycles. The van der Waals surface area contributed by atoms with Crippen molar-refractivity contribution >= 4 is 11.0 Å². The Morgan fingerprint density at radius 1 is 1.10 bits per heavy atom. The quantitative estimate of drug-likeness (QED) is 0.507. The first-order valence-corrected chi connectivity index (χ1v) is 9.06. The van der Waals surface area contributed by atoms with E-state index in [1.54, 1.807) is 43.6 Å². The Bertz CT molecular complexity index is 1190. The van der Waals surface area contributed by atoms with Gasteiger partial charge in [0.1, 0.15) is 29.5 Å². The molecule has 4 nitrogen and oxygen atoms in total. The van der Waals surface area contributed by atoms with Gasteiger partial charge in [0.2, 0.25) is 0 Å². The molecule has 2 aromatic carbocycles. The maximum atomic E-state index is 13.5. The lowest BCUT2D eigenvalue weighted by atomic mass is 9.85. The second kappa shape index (κ2) is 7.78. The molecule has 1 N–H and O–H groups in total. The molecule has 2 aromatic heterocycles. The van der Waals surface area contributed by atoms with Gasteiger partial charge in [-0.15, -0.1) is 5.92 Å². The van der Waals surface area contributed by atoms with Crippen molar-refractivity contribution in [2.24, 2.45) is 0 Å². The van der Waals surface area contributed by atoms with Gasteiger partial charge in [-0.1, -0.05) is 24.1 Å². The molecule has 2 heterocycles. The van der Waals surface area contributed by atoms with E-state index in [1.165, 1.54) is 24.3 Å². The number of rotatable bonds is 5. The Labute approximate surface area is 167 Å². The molecule has 0 fully saturated rings. The maximum Gasteiger partial charge on any atom is 0.174 e. The van der Waals surface area contributed by atoms with Gasteiger partial charge in [0.05, 0.1) is 0 Å². The number of aromatic nitrogens is 1. The van der Waals surface area contributed by atoms with Gasteiger partial charge in [0, 0.05) is 29.4 Å². The third-order valence-electron chi connectivity index (χ3n) is 4.68. The fourth-order valence-corrected chi connectivity index (χ4v) is 3.19. The van der Waals surface area contributed by atoms with E-state index in [-0.39, 0.29) is 12.4 Å². The Kier molecular flexibility index (Phi) is 5.03. The van der Waals surface area contributed by atoms with Gasteiger partial charge in [0.15, 0.2) is 5.60 Å². The van der Waals surface area contributed by atoms with Crippen molar-refractivity contribution in [2.75, 3.05) is 6.61 Å². The molecule has 5 heteroatoms. The van der Waals surface area contributed by atoms with Crippen LogP contribution in [-0.4, -0.2) is 16.7 Å². The van der Waals surface area contributed by atoms with Crippen molar-refractivity contribution in [1.82, 2.24) is 4.98 Å². The third-order valence-corrected chi connectivity index (χ3v) is 4.68. The van der Waals surface area contributed by atoms with Gasteiger partial charge in [-0.2, -0.15) is 0 Å². The van der Waals surface area contributed by atoms with Crippen LogP contribution in [-0.2, 0) is 5.60 Å². The van der Waals surface area contributed by atoms with Gasteiger partial charge in [0.25, 0.3) is 0 Å². The van der Waals surface area contributed by atoms with Gasteiger partial charge in [-0.25, -0.2) is 4.39 Å². The second-order valence-corrected chi connectivity index (χ2v) is 6.48. The number of hydrogen-bond donors (Lipinski definition) is 1. The van der Waals surface area contributed by atoms with Crippen LogP contribution in [0.2, 0.25) is 0 Å². The summed E-state index contributed by atoms with van der Waals surface area (Å²) in [5, 5.41) is 12.6. The van der Waals surface area contributed by atoms with Gasteiger partial charge in [-0.05, 0) is 48.9 Å². The third kappa shape index (κ3) is 3.58. The van der Waals surface area contributed by atoms with Crippen LogP contribution in [0.1, 0.15) is 23.8 Å². The van der Waals surface area contributed by atoms with Crippen molar-refractivity contribution in [1.29, 1.82) is 0 Å². The van der Waals surface area contributed by atoms with Crippen LogP contribution in [0, 0.1) is 17.7 Å². The molecule has 0 bridgehead atoms. The van der Waals surface area contributed by atoms with Crippen molar-refractivity contribution in [3.63, 3.8) is 0 Å². The van der Waals surface area contributed by atoms with Crippen LogP contribution in [0.25, 0.3) is 11.0 Å². The minimum absolute atomic E-state index is 0.283. The summed E-state index contributed by atoms with van der Waals surface area (Å²) >= 11 is 0. The molecule has 0 radical (unpaired) electrons. The number of pyridine rings is 1. The predicted octanol–water partition coefficient (Wildman–Crippen LogP) is 4.65. The standard InChI is InChI=1S/C24H18FNO3/c1-2-3-13-28-21-11-6-17-14-23(29-22(17)15-21)24(27,19-5-4-12-26-16-19)18-7-9-20(25)10-8-18/h4-12,14-16,27H,13H2,1H3. The Morgan fingerprint density at radius 3 is 2.66 bits per heavy atom. The number of benzene rings is 2. The van der Waals surface area contributed by atoms with E-state index >= 15 is 0 Å². The molecule has 144 valence electrons. The van der Waals surface area contributed by atoms with Crippen molar-refractivity contribution in [3.05, 3.63) is 95.8 Å². The van der Waals surface area contributed by atoms with E-state index < -0.39 is 5.60 Å². The van der Waals surface area contributed by atoms with E-state index in [2.05, 4.69) is 16.8 Å². The molecule has 0 amide bonds. The van der Waals surface area contributed by atoms with E-state index in [0.29, 0.717) is 28.2 Å². The first-order chi connectivity index (χ1) is 14.1. The zero-order valence-corrected chi connectivity index (χ0v) is 15.7. The van der Waals surface area contributed by atoms with Crippen molar-refractivity contribution < 1.29 is 18.7 Å². The summed E-state index contributed by atoms with van der Waals surface area (Å²) in [7, 11) is 0. The zero-order valence-electron chi connectivity index (χ0n) is 15.7. The lowest BCUT2D eigenvalue weighted by Gasteiger charge is -2.26. The minimum atomic E-state index is -1.63. The molecule has 1 unspecified atom stereocenters. The number of hydrogen-bond acceptors (Lipinski definition) is 4. The Balaban J connectivity index is 1.83. The smallest absolute Gasteiger partial charge is 0.174 e. The lowest BCUT2D eigenvalue weighted by molar-refractivity contribution is 0.101. The van der Waals surface area contributed by atoms with Gasteiger partial charge >= 0.3 is 0 Å². The zero-order chi connectivity index (χ0) is 20.3. The first kappa shape index (κ1) is 18.7. The Hall–Kier alpha value is -3.62. The number of furan rings is 1. The van der Waals surface area contributed by atoms with Crippen LogP contribution in [0.5, 0.6) is 5.75 Å². The molecule has 4 rings (SSSR count). The predicted molar refractivity (Wildman–Crippen MR) is 108 cm³/mol. The number of ether oxygens (including phenoxy) is 1. The SMILES string of the molecule is CC#CCOc1ccc2cc(C(O)(c3ccc(F)cc3)c3cccnc3)oc2c1. The van der Waals surface area contributed by atoms with Crippen LogP contribution < -0.4 is 4.74 Å². The second-order valence-electron chi connectivity index (χ2n) is 6.48. The molecular weight excluding hydrogens is 369 g/mol. The highest BCUT2D eigenvalue weighted by atomic mass is 19.1. The first-order valence-electron chi connectivity index (χ1n) is 9.06. The van der Waals surface area contributed by atoms with E-state index in [9.17, 15) is 9.50 Å². The van der Waals surface area contributed by atoms with Crippen molar-refractivity contribution in [3.8, 4) is 17.6 Å². The van der Waals surface area contributed by atoms with Crippen LogP contribution in [0.15, 0.2) is 77.5 Å². The molecule has 0 aliphatic heterocycles. The number of aliphatic hydroxyl groups is 1. The van der Waals surface area contributed by atoms with Crippen LogP contribution >= 0.6 is 0 Å². The van der Waals surface area contributed by atoms with E-state index in [4.69, 9.17) is 9.15 Å². The topological polar surface area (TPSA) is 55.5 Å². The number of nitrogens with zero attached hydrogens (tertiary/aromatic N) is 1. The van der Waals surface area contributed by atoms with Gasteiger partial charge in [-0.3, -0.25) is 4.98 Å². The highest BCUT2D eigenvalue weighted by molar-refractivity contribution is 5.80. The molecule has 0 saturated carbocycles. The van der Waals surface area contributed by atoms with Crippen LogP contribution in [0.4, 0.5) is 4.39 Å². The summed E-state index contributed by atoms with van der Waals surface area (Å²) < 4.78 is 25.1. The Morgan fingerprint density at radius 2 is 1.93 bits per heavy atom. The monoisotopic (exact) mass is 387 g/mol. The van der Waals surface area contributed by atoms with Gasteiger partial charge < -0.3 is 14.3 Å². The fraction of sp³-hybridized carbons (Fsp3) is 0.125. The summed E-state index contributed by atoms with van der Waals surface area (Å²) in [6.07, 6.45) is 3.19. The number of halogens is 1. The molecular formula is C24H18FNO3. The normalized spacial score (nSPS) is 12.8. The molecule has 0 aliphatic rings. The highest BCUT2D eigenvalue weighted by Crippen LogP contribution is 2.39. The average molecular weight is 387 g/mol. The molecule has 0 spiro atoms. The summed E-state index contributed by atoms with van der Waals surface area (Å²) in [4.78, 5) is 4.12. The lowest BCUT2D eigenvalue weighted by Crippen LogP contribution is -2.28. The maximum absolute atomic E-state index is 13.5. The van der Waals surface area contributed by atoms with Crippen LogP contribution in [0.3, 0.4) is 0 Å². The van der Waals surface area contributed by atoms with E-state index in [1.807, 2.05) is 12.1 Å². The summed E-state index contributed by atoms with van der Waals surface area (Å²) in [5.74, 6) is 6.15. The summed E-state index contributed by atoms with van der Waals surface area (Å²) in [5.41, 5.74) is -0.0808. The number of fused-ring (bicyclic) bond motifs is 1. The average Bonchev–Trinajstić information content (AvgIpc) is 3.18. The summed E-state index contributed by atoms with van der Waals surface area (Å²) in [6, 6.07) is 16.4.